The van der Waals surface area contributed by atoms with Gasteiger partial charge in [-0.15, -0.1) is 0 Å². The zero-order chi connectivity index (χ0) is 21.0. The molecular formula is C18H17N5O6. The second-order valence-electron chi connectivity index (χ2n) is 5.92. The lowest BCUT2D eigenvalue weighted by Gasteiger charge is -2.07. The average molecular weight is 399 g/mol. The van der Waals surface area contributed by atoms with Gasteiger partial charge in [0.25, 0.3) is 11.8 Å². The molecule has 3 aromatic rings. The second kappa shape index (κ2) is 8.25. The Morgan fingerprint density at radius 1 is 1.31 bits per heavy atom. The van der Waals surface area contributed by atoms with Gasteiger partial charge in [-0.3, -0.25) is 24.4 Å². The molecule has 2 N–H and O–H groups in total. The molecule has 150 valence electrons. The van der Waals surface area contributed by atoms with Crippen LogP contribution in [0.2, 0.25) is 0 Å². The molecule has 0 saturated carbocycles. The number of hydrogen-bond donors (Lipinski definition) is 2. The van der Waals surface area contributed by atoms with Crippen molar-refractivity contribution in [3.63, 3.8) is 0 Å². The normalized spacial score (nSPS) is 10.4. The number of methoxy groups -OCH3 is 1. The molecule has 2 heterocycles. The summed E-state index contributed by atoms with van der Waals surface area (Å²) in [6.07, 6.45) is 2.94. The fraction of sp³-hybridized carbons (Fsp3) is 0.167. The number of benzene rings is 1. The highest BCUT2D eigenvalue weighted by Crippen LogP contribution is 2.28. The molecule has 0 aliphatic rings. The SMILES string of the molecule is COc1ccc(C(=O)Nc2cn(C)nc2C(=O)NCc2ccco2)cc1[N+](=O)[O-]. The van der Waals surface area contributed by atoms with E-state index in [0.29, 0.717) is 5.76 Å². The van der Waals surface area contributed by atoms with E-state index in [1.54, 1.807) is 19.2 Å². The van der Waals surface area contributed by atoms with Gasteiger partial charge in [0.05, 0.1) is 30.5 Å². The number of carbonyl (C=O) groups is 2. The van der Waals surface area contributed by atoms with Crippen LogP contribution >= 0.6 is 0 Å². The maximum atomic E-state index is 12.6. The van der Waals surface area contributed by atoms with Crippen LogP contribution in [0.4, 0.5) is 11.4 Å². The highest BCUT2D eigenvalue weighted by molar-refractivity contribution is 6.08. The number of aryl methyl sites for hydroxylation is 1. The third-order valence-corrected chi connectivity index (χ3v) is 3.93. The maximum absolute atomic E-state index is 12.6. The van der Waals surface area contributed by atoms with E-state index in [2.05, 4.69) is 15.7 Å². The lowest BCUT2D eigenvalue weighted by atomic mass is 10.1. The molecule has 11 nitrogen and oxygen atoms in total. The lowest BCUT2D eigenvalue weighted by molar-refractivity contribution is -0.385. The van der Waals surface area contributed by atoms with Crippen molar-refractivity contribution in [2.24, 2.45) is 7.05 Å². The van der Waals surface area contributed by atoms with Crippen LogP contribution in [-0.4, -0.2) is 33.6 Å². The summed E-state index contributed by atoms with van der Waals surface area (Å²) in [4.78, 5) is 35.5. The largest absolute Gasteiger partial charge is 0.490 e. The number of hydrogen-bond acceptors (Lipinski definition) is 7. The first-order valence-corrected chi connectivity index (χ1v) is 8.37. The van der Waals surface area contributed by atoms with E-state index in [1.165, 1.54) is 36.4 Å². The second-order valence-corrected chi connectivity index (χ2v) is 5.92. The first-order valence-electron chi connectivity index (χ1n) is 8.37. The molecular weight excluding hydrogens is 382 g/mol. The molecule has 0 aliphatic heterocycles. The van der Waals surface area contributed by atoms with E-state index in [1.807, 2.05) is 0 Å². The van der Waals surface area contributed by atoms with Gasteiger partial charge < -0.3 is 19.8 Å². The molecule has 0 bridgehead atoms. The summed E-state index contributed by atoms with van der Waals surface area (Å²) >= 11 is 0. The summed E-state index contributed by atoms with van der Waals surface area (Å²) in [6, 6.07) is 7.21. The Kier molecular flexibility index (Phi) is 5.58. The molecule has 29 heavy (non-hydrogen) atoms. The molecule has 0 aliphatic carbocycles. The standard InChI is InChI=1S/C18H17N5O6/c1-22-10-13(16(21-22)18(25)19-9-12-4-3-7-29-12)20-17(24)11-5-6-15(28-2)14(8-11)23(26)27/h3-8,10H,9H2,1-2H3,(H,19,25)(H,20,24). The van der Waals surface area contributed by atoms with Gasteiger partial charge in [-0.25, -0.2) is 0 Å². The summed E-state index contributed by atoms with van der Waals surface area (Å²) in [6.45, 7) is 0.153. The molecule has 3 rings (SSSR count). The van der Waals surface area contributed by atoms with Gasteiger partial charge in [0.1, 0.15) is 5.76 Å². The topological polar surface area (TPSA) is 142 Å². The molecule has 0 saturated heterocycles. The Balaban J connectivity index is 1.78. The summed E-state index contributed by atoms with van der Waals surface area (Å²) in [5.74, 6) is -0.557. The number of anilines is 1. The predicted octanol–water partition coefficient (Wildman–Crippen LogP) is 2.11. The van der Waals surface area contributed by atoms with E-state index >= 15 is 0 Å². The quantitative estimate of drug-likeness (QED) is 0.458. The van der Waals surface area contributed by atoms with Crippen LogP contribution < -0.4 is 15.4 Å². The third kappa shape index (κ3) is 4.40. The Bertz CT molecular complexity index is 1060. The van der Waals surface area contributed by atoms with Gasteiger partial charge in [-0.1, -0.05) is 0 Å². The lowest BCUT2D eigenvalue weighted by Crippen LogP contribution is -2.25. The van der Waals surface area contributed by atoms with Crippen molar-refractivity contribution in [3.05, 3.63) is 69.9 Å². The van der Waals surface area contributed by atoms with Crippen molar-refractivity contribution < 1.29 is 23.7 Å². The summed E-state index contributed by atoms with van der Waals surface area (Å²) in [5, 5.41) is 20.4. The molecule has 0 radical (unpaired) electrons. The van der Waals surface area contributed by atoms with Gasteiger partial charge in [-0.2, -0.15) is 5.10 Å². The minimum absolute atomic E-state index is 0.00424. The van der Waals surface area contributed by atoms with Gasteiger partial charge >= 0.3 is 5.69 Å². The summed E-state index contributed by atoms with van der Waals surface area (Å²) in [7, 11) is 2.89. The summed E-state index contributed by atoms with van der Waals surface area (Å²) < 4.78 is 11.4. The Hall–Kier alpha value is -4.15. The van der Waals surface area contributed by atoms with Gasteiger partial charge in [0, 0.05) is 24.9 Å². The number of aromatic nitrogens is 2. The van der Waals surface area contributed by atoms with Crippen LogP contribution in [0.5, 0.6) is 5.75 Å². The molecule has 0 spiro atoms. The fourth-order valence-electron chi connectivity index (χ4n) is 2.58. The number of nitrogens with one attached hydrogen (secondary N) is 2. The number of furan rings is 1. The van der Waals surface area contributed by atoms with Crippen molar-refractivity contribution in [3.8, 4) is 5.75 Å². The molecule has 0 atom stereocenters. The Morgan fingerprint density at radius 3 is 2.76 bits per heavy atom. The van der Waals surface area contributed by atoms with E-state index < -0.39 is 16.7 Å². The fourth-order valence-corrected chi connectivity index (χ4v) is 2.58. The predicted molar refractivity (Wildman–Crippen MR) is 101 cm³/mol. The number of carbonyl (C=O) groups excluding carboxylic acids is 2. The Labute approximate surface area is 164 Å². The highest BCUT2D eigenvalue weighted by atomic mass is 16.6. The monoisotopic (exact) mass is 399 g/mol. The van der Waals surface area contributed by atoms with E-state index in [9.17, 15) is 19.7 Å². The van der Waals surface area contributed by atoms with E-state index in [4.69, 9.17) is 9.15 Å². The van der Waals surface area contributed by atoms with Crippen molar-refractivity contribution >= 4 is 23.2 Å². The number of nitro benzene ring substituents is 1. The number of nitro groups is 1. The maximum Gasteiger partial charge on any atom is 0.311 e. The van der Waals surface area contributed by atoms with Crippen LogP contribution in [0.1, 0.15) is 26.6 Å². The smallest absolute Gasteiger partial charge is 0.311 e. The average Bonchev–Trinajstić information content (AvgIpc) is 3.35. The first kappa shape index (κ1) is 19.6. The van der Waals surface area contributed by atoms with Crippen molar-refractivity contribution in [2.45, 2.75) is 6.54 Å². The number of rotatable bonds is 7. The zero-order valence-electron chi connectivity index (χ0n) is 15.5. The first-order chi connectivity index (χ1) is 13.9. The molecule has 2 amide bonds. The molecule has 11 heteroatoms. The minimum atomic E-state index is -0.646. The van der Waals surface area contributed by atoms with Crippen LogP contribution in [0, 0.1) is 10.1 Å². The number of nitrogens with zero attached hydrogens (tertiary/aromatic N) is 3. The van der Waals surface area contributed by atoms with E-state index in [0.717, 1.165) is 6.07 Å². The van der Waals surface area contributed by atoms with Crippen molar-refractivity contribution in [1.29, 1.82) is 0 Å². The number of ether oxygens (including phenoxy) is 1. The molecule has 0 fully saturated rings. The zero-order valence-corrected chi connectivity index (χ0v) is 15.5. The van der Waals surface area contributed by atoms with Crippen molar-refractivity contribution in [1.82, 2.24) is 15.1 Å². The van der Waals surface area contributed by atoms with Gasteiger partial charge in [-0.05, 0) is 24.3 Å². The Morgan fingerprint density at radius 2 is 2.10 bits per heavy atom. The summed E-state index contributed by atoms with van der Waals surface area (Å²) in [5.41, 5.74) is -0.158. The molecule has 1 aromatic carbocycles. The number of amides is 2. The highest BCUT2D eigenvalue weighted by Gasteiger charge is 2.21. The third-order valence-electron chi connectivity index (χ3n) is 3.93. The van der Waals surface area contributed by atoms with Gasteiger partial charge in [0.2, 0.25) is 0 Å². The molecule has 2 aromatic heterocycles. The van der Waals surface area contributed by atoms with Crippen LogP contribution in [0.15, 0.2) is 47.2 Å². The van der Waals surface area contributed by atoms with E-state index in [-0.39, 0.29) is 34.9 Å². The van der Waals surface area contributed by atoms with Gasteiger partial charge in [0.15, 0.2) is 11.4 Å². The van der Waals surface area contributed by atoms with Crippen LogP contribution in [-0.2, 0) is 13.6 Å². The van der Waals surface area contributed by atoms with Crippen LogP contribution in [0.25, 0.3) is 0 Å². The minimum Gasteiger partial charge on any atom is -0.490 e. The van der Waals surface area contributed by atoms with Crippen LogP contribution in [0.3, 0.4) is 0 Å². The molecule has 0 unspecified atom stereocenters. The van der Waals surface area contributed by atoms with Crippen molar-refractivity contribution in [2.75, 3.05) is 12.4 Å².